The predicted molar refractivity (Wildman–Crippen MR) is 68.7 cm³/mol. The Hall–Kier alpha value is -0.610. The van der Waals surface area contributed by atoms with Crippen LogP contribution in [0.3, 0.4) is 0 Å². The minimum atomic E-state index is -0.432. The molecule has 2 unspecified atom stereocenters. The smallest absolute Gasteiger partial charge is 0.240 e. The molecule has 0 aromatic rings. The van der Waals surface area contributed by atoms with Gasteiger partial charge in [0.25, 0.3) is 0 Å². The van der Waals surface area contributed by atoms with E-state index >= 15 is 0 Å². The van der Waals surface area contributed by atoms with E-state index in [-0.39, 0.29) is 24.0 Å². The lowest BCUT2D eigenvalue weighted by Crippen LogP contribution is -2.56. The monoisotopic (exact) mass is 242 g/mol. The molecular formula is C13H26N2O2. The summed E-state index contributed by atoms with van der Waals surface area (Å²) in [7, 11) is 0. The maximum atomic E-state index is 12.2. The van der Waals surface area contributed by atoms with Gasteiger partial charge in [-0.05, 0) is 38.1 Å². The van der Waals surface area contributed by atoms with Crippen LogP contribution in [0.4, 0.5) is 0 Å². The van der Waals surface area contributed by atoms with Gasteiger partial charge in [-0.1, -0.05) is 20.8 Å². The summed E-state index contributed by atoms with van der Waals surface area (Å²) < 4.78 is 0. The van der Waals surface area contributed by atoms with E-state index in [4.69, 9.17) is 5.11 Å². The van der Waals surface area contributed by atoms with Crippen LogP contribution in [0, 0.1) is 5.41 Å². The van der Waals surface area contributed by atoms with E-state index < -0.39 is 5.54 Å². The maximum absolute atomic E-state index is 12.2. The van der Waals surface area contributed by atoms with E-state index in [0.29, 0.717) is 6.42 Å². The third-order valence-corrected chi connectivity index (χ3v) is 3.64. The molecular weight excluding hydrogens is 216 g/mol. The molecule has 4 heteroatoms. The largest absolute Gasteiger partial charge is 0.396 e. The van der Waals surface area contributed by atoms with Crippen molar-refractivity contribution in [1.82, 2.24) is 10.6 Å². The molecule has 0 aromatic carbocycles. The number of hydrogen-bond donors (Lipinski definition) is 3. The number of carbonyl (C=O) groups excluding carboxylic acids is 1. The van der Waals surface area contributed by atoms with Crippen LogP contribution in [0.1, 0.15) is 47.0 Å². The van der Waals surface area contributed by atoms with Crippen LogP contribution >= 0.6 is 0 Å². The number of nitrogens with one attached hydrogen (secondary N) is 2. The zero-order chi connectivity index (χ0) is 13.1. The number of aliphatic hydroxyl groups is 1. The molecule has 0 bridgehead atoms. The van der Waals surface area contributed by atoms with Crippen molar-refractivity contribution in [2.75, 3.05) is 13.2 Å². The average Bonchev–Trinajstić information content (AvgIpc) is 2.64. The minimum absolute atomic E-state index is 0.0132. The summed E-state index contributed by atoms with van der Waals surface area (Å²) in [6.07, 6.45) is 2.53. The van der Waals surface area contributed by atoms with Crippen LogP contribution < -0.4 is 10.6 Å². The van der Waals surface area contributed by atoms with E-state index in [2.05, 4.69) is 31.4 Å². The molecule has 1 rings (SSSR count). The highest BCUT2D eigenvalue weighted by molar-refractivity contribution is 5.86. The minimum Gasteiger partial charge on any atom is -0.396 e. The van der Waals surface area contributed by atoms with Crippen LogP contribution in [0.15, 0.2) is 0 Å². The van der Waals surface area contributed by atoms with E-state index in [0.717, 1.165) is 19.4 Å². The van der Waals surface area contributed by atoms with Crippen molar-refractivity contribution in [1.29, 1.82) is 0 Å². The molecule has 0 aromatic heterocycles. The highest BCUT2D eigenvalue weighted by atomic mass is 16.3. The van der Waals surface area contributed by atoms with Crippen LogP contribution in [-0.4, -0.2) is 35.7 Å². The van der Waals surface area contributed by atoms with Gasteiger partial charge in [-0.15, -0.1) is 0 Å². The maximum Gasteiger partial charge on any atom is 0.240 e. The molecule has 1 heterocycles. The molecule has 4 nitrogen and oxygen atoms in total. The summed E-state index contributed by atoms with van der Waals surface area (Å²) in [6.45, 7) is 9.21. The summed E-state index contributed by atoms with van der Waals surface area (Å²) in [5.74, 6) is 0.0587. The van der Waals surface area contributed by atoms with Crippen LogP contribution in [-0.2, 0) is 4.79 Å². The van der Waals surface area contributed by atoms with Crippen LogP contribution in [0.2, 0.25) is 0 Å². The highest BCUT2D eigenvalue weighted by Gasteiger charge is 2.38. The van der Waals surface area contributed by atoms with E-state index in [1.807, 2.05) is 6.92 Å². The first-order valence-corrected chi connectivity index (χ1v) is 6.46. The number of carbonyl (C=O) groups is 1. The number of hydrogen-bond acceptors (Lipinski definition) is 3. The van der Waals surface area contributed by atoms with Crippen LogP contribution in [0.25, 0.3) is 0 Å². The zero-order valence-corrected chi connectivity index (χ0v) is 11.5. The predicted octanol–water partition coefficient (Wildman–Crippen LogP) is 1.04. The van der Waals surface area contributed by atoms with Crippen molar-refractivity contribution < 1.29 is 9.90 Å². The fourth-order valence-electron chi connectivity index (χ4n) is 2.26. The first-order valence-electron chi connectivity index (χ1n) is 6.46. The Labute approximate surface area is 104 Å². The lowest BCUT2D eigenvalue weighted by atomic mass is 9.84. The SMILES string of the molecule is CC1(C(=O)NC(CCO)C(C)(C)C)CCCN1. The van der Waals surface area contributed by atoms with Gasteiger partial charge < -0.3 is 15.7 Å². The summed E-state index contributed by atoms with van der Waals surface area (Å²) in [5, 5.41) is 15.4. The molecule has 1 aliphatic rings. The van der Waals surface area contributed by atoms with Gasteiger partial charge in [-0.2, -0.15) is 0 Å². The van der Waals surface area contributed by atoms with Crippen molar-refractivity contribution in [2.24, 2.45) is 5.41 Å². The lowest BCUT2D eigenvalue weighted by molar-refractivity contribution is -0.128. The van der Waals surface area contributed by atoms with Crippen molar-refractivity contribution in [3.8, 4) is 0 Å². The second kappa shape index (κ2) is 5.36. The molecule has 0 spiro atoms. The van der Waals surface area contributed by atoms with Crippen LogP contribution in [0.5, 0.6) is 0 Å². The summed E-state index contributed by atoms with van der Waals surface area (Å²) in [6, 6.07) is 0.0132. The fraction of sp³-hybridized carbons (Fsp3) is 0.923. The first-order chi connectivity index (χ1) is 7.79. The van der Waals surface area contributed by atoms with Gasteiger partial charge in [0.15, 0.2) is 0 Å². The number of aliphatic hydroxyl groups excluding tert-OH is 1. The van der Waals surface area contributed by atoms with Gasteiger partial charge in [0, 0.05) is 12.6 Å². The molecule has 0 saturated carbocycles. The number of rotatable bonds is 4. The van der Waals surface area contributed by atoms with Crippen molar-refractivity contribution in [3.63, 3.8) is 0 Å². The zero-order valence-electron chi connectivity index (χ0n) is 11.5. The van der Waals surface area contributed by atoms with Gasteiger partial charge in [0.2, 0.25) is 5.91 Å². The average molecular weight is 242 g/mol. The Morgan fingerprint density at radius 3 is 2.59 bits per heavy atom. The number of amides is 1. The molecule has 1 fully saturated rings. The van der Waals surface area contributed by atoms with Crippen molar-refractivity contribution in [2.45, 2.75) is 58.5 Å². The normalized spacial score (nSPS) is 26.9. The second-order valence-corrected chi connectivity index (χ2v) is 6.27. The van der Waals surface area contributed by atoms with Gasteiger partial charge in [0.05, 0.1) is 5.54 Å². The lowest BCUT2D eigenvalue weighted by Gasteiger charge is -2.34. The Bertz CT molecular complexity index is 265. The second-order valence-electron chi connectivity index (χ2n) is 6.27. The molecule has 3 N–H and O–H groups in total. The van der Waals surface area contributed by atoms with Gasteiger partial charge >= 0.3 is 0 Å². The molecule has 0 aliphatic carbocycles. The molecule has 1 aliphatic heterocycles. The van der Waals surface area contributed by atoms with Gasteiger partial charge in [-0.25, -0.2) is 0 Å². The van der Waals surface area contributed by atoms with E-state index in [1.54, 1.807) is 0 Å². The molecule has 100 valence electrons. The first kappa shape index (κ1) is 14.5. The summed E-state index contributed by atoms with van der Waals surface area (Å²) >= 11 is 0. The summed E-state index contributed by atoms with van der Waals surface area (Å²) in [5.41, 5.74) is -0.466. The highest BCUT2D eigenvalue weighted by Crippen LogP contribution is 2.24. The van der Waals surface area contributed by atoms with Crippen molar-refractivity contribution >= 4 is 5.91 Å². The Kier molecular flexibility index (Phi) is 4.55. The molecule has 2 atom stereocenters. The quantitative estimate of drug-likeness (QED) is 0.690. The fourth-order valence-corrected chi connectivity index (χ4v) is 2.26. The Balaban J connectivity index is 2.64. The standard InChI is InChI=1S/C13H26N2O2/c1-12(2,3)10(6-9-16)15-11(17)13(4)7-5-8-14-13/h10,14,16H,5-9H2,1-4H3,(H,15,17). The van der Waals surface area contributed by atoms with Crippen molar-refractivity contribution in [3.05, 3.63) is 0 Å². The Morgan fingerprint density at radius 1 is 1.53 bits per heavy atom. The third kappa shape index (κ3) is 3.68. The van der Waals surface area contributed by atoms with Gasteiger partial charge in [0.1, 0.15) is 0 Å². The molecule has 1 amide bonds. The molecule has 1 saturated heterocycles. The third-order valence-electron chi connectivity index (χ3n) is 3.64. The summed E-state index contributed by atoms with van der Waals surface area (Å²) in [4.78, 5) is 12.2. The molecule has 17 heavy (non-hydrogen) atoms. The van der Waals surface area contributed by atoms with Gasteiger partial charge in [-0.3, -0.25) is 4.79 Å². The Morgan fingerprint density at radius 2 is 2.18 bits per heavy atom. The van der Waals surface area contributed by atoms with E-state index in [1.165, 1.54) is 0 Å². The molecule has 0 radical (unpaired) electrons. The topological polar surface area (TPSA) is 61.4 Å². The van der Waals surface area contributed by atoms with E-state index in [9.17, 15) is 4.79 Å².